The Balaban J connectivity index is 1.71. The Morgan fingerprint density at radius 1 is 1.26 bits per heavy atom. The van der Waals surface area contributed by atoms with Gasteiger partial charge in [-0.05, 0) is 36.4 Å². The summed E-state index contributed by atoms with van der Waals surface area (Å²) in [5, 5.41) is 2.58. The van der Waals surface area contributed by atoms with Gasteiger partial charge in [-0.15, -0.1) is 0 Å². The third kappa shape index (κ3) is 3.52. The molecule has 0 aliphatic heterocycles. The van der Waals surface area contributed by atoms with E-state index in [1.807, 2.05) is 0 Å². The Hall–Kier alpha value is -3.22. The third-order valence-electron chi connectivity index (χ3n) is 3.10. The maximum atomic E-state index is 12.8. The van der Waals surface area contributed by atoms with Crippen molar-refractivity contribution in [1.82, 2.24) is 9.55 Å². The highest BCUT2D eigenvalue weighted by Gasteiger charge is 2.08. The maximum absolute atomic E-state index is 12.8. The molecule has 1 N–H and O–H groups in total. The van der Waals surface area contributed by atoms with E-state index in [1.54, 1.807) is 12.1 Å². The smallest absolute Gasteiger partial charge is 0.254 e. The second kappa shape index (κ2) is 6.27. The molecule has 7 heteroatoms. The number of carbonyl (C=O) groups is 1. The van der Waals surface area contributed by atoms with E-state index in [0.717, 1.165) is 0 Å². The van der Waals surface area contributed by atoms with Crippen LogP contribution in [0.5, 0.6) is 0 Å². The van der Waals surface area contributed by atoms with E-state index in [4.69, 9.17) is 4.42 Å². The van der Waals surface area contributed by atoms with Gasteiger partial charge in [0.2, 0.25) is 5.91 Å². The number of carbonyl (C=O) groups excluding carboxylic acids is 1. The van der Waals surface area contributed by atoms with Gasteiger partial charge in [-0.2, -0.15) is 0 Å². The van der Waals surface area contributed by atoms with Crippen molar-refractivity contribution in [1.29, 1.82) is 0 Å². The van der Waals surface area contributed by atoms with E-state index in [-0.39, 0.29) is 12.1 Å². The Labute approximate surface area is 130 Å². The lowest BCUT2D eigenvalue weighted by Gasteiger charge is -2.07. The molecular weight excluding hydrogens is 301 g/mol. The second-order valence-corrected chi connectivity index (χ2v) is 4.77. The van der Waals surface area contributed by atoms with Gasteiger partial charge in [0.1, 0.15) is 18.1 Å². The lowest BCUT2D eigenvalue weighted by molar-refractivity contribution is -0.116. The fraction of sp³-hybridized carbons (Fsp3) is 0.0625. The Morgan fingerprint density at radius 3 is 2.70 bits per heavy atom. The van der Waals surface area contributed by atoms with Crippen LogP contribution in [-0.4, -0.2) is 15.5 Å². The molecule has 3 aromatic rings. The van der Waals surface area contributed by atoms with Crippen molar-refractivity contribution in [3.8, 4) is 11.5 Å². The highest BCUT2D eigenvalue weighted by atomic mass is 19.1. The lowest BCUT2D eigenvalue weighted by atomic mass is 10.3. The summed E-state index contributed by atoms with van der Waals surface area (Å²) in [5.74, 6) is -0.326. The number of halogens is 1. The van der Waals surface area contributed by atoms with Crippen LogP contribution in [0.15, 0.2) is 64.3 Å². The molecule has 0 atom stereocenters. The number of aromatic nitrogens is 2. The maximum Gasteiger partial charge on any atom is 0.254 e. The minimum atomic E-state index is -0.411. The Bertz CT molecular complexity index is 870. The molecule has 0 saturated heterocycles. The molecule has 6 nitrogen and oxygen atoms in total. The molecule has 0 spiro atoms. The molecule has 23 heavy (non-hydrogen) atoms. The van der Waals surface area contributed by atoms with Crippen molar-refractivity contribution in [3.63, 3.8) is 0 Å². The molecule has 0 aliphatic rings. The first-order valence-electron chi connectivity index (χ1n) is 6.77. The number of anilines is 1. The molecule has 0 aliphatic carbocycles. The van der Waals surface area contributed by atoms with E-state index in [1.165, 1.54) is 47.5 Å². The van der Waals surface area contributed by atoms with Crippen molar-refractivity contribution >= 4 is 11.6 Å². The molecule has 0 bridgehead atoms. The molecule has 1 amide bonds. The highest BCUT2D eigenvalue weighted by molar-refractivity contribution is 5.90. The molecule has 0 fully saturated rings. The Morgan fingerprint density at radius 2 is 2.04 bits per heavy atom. The van der Waals surface area contributed by atoms with Gasteiger partial charge in [-0.1, -0.05) is 0 Å². The Kier molecular flexibility index (Phi) is 4.01. The standard InChI is InChI=1S/C16H12FN3O3/c17-11-3-5-12(6-4-11)19-15(21)9-20-10-18-13(8-16(20)22)14-2-1-7-23-14/h1-8,10H,9H2,(H,19,21). The van der Waals surface area contributed by atoms with Crippen LogP contribution >= 0.6 is 0 Å². The summed E-state index contributed by atoms with van der Waals surface area (Å²) in [4.78, 5) is 28.0. The van der Waals surface area contributed by atoms with E-state index in [9.17, 15) is 14.0 Å². The first-order valence-corrected chi connectivity index (χ1v) is 6.77. The number of benzene rings is 1. The van der Waals surface area contributed by atoms with Gasteiger partial charge in [-0.25, -0.2) is 9.37 Å². The summed E-state index contributed by atoms with van der Waals surface area (Å²) < 4.78 is 19.1. The van der Waals surface area contributed by atoms with Gasteiger partial charge < -0.3 is 9.73 Å². The zero-order valence-corrected chi connectivity index (χ0v) is 11.9. The number of furan rings is 1. The van der Waals surface area contributed by atoms with E-state index >= 15 is 0 Å². The van der Waals surface area contributed by atoms with E-state index in [0.29, 0.717) is 17.1 Å². The van der Waals surface area contributed by atoms with Gasteiger partial charge in [0.05, 0.1) is 12.6 Å². The van der Waals surface area contributed by atoms with Crippen molar-refractivity contribution in [3.05, 3.63) is 71.2 Å². The molecule has 1 aromatic carbocycles. The minimum Gasteiger partial charge on any atom is -0.463 e. The van der Waals surface area contributed by atoms with Crippen LogP contribution in [0, 0.1) is 5.82 Å². The van der Waals surface area contributed by atoms with Gasteiger partial charge in [0, 0.05) is 11.8 Å². The second-order valence-electron chi connectivity index (χ2n) is 4.77. The average molecular weight is 313 g/mol. The zero-order chi connectivity index (χ0) is 16.2. The third-order valence-corrected chi connectivity index (χ3v) is 3.10. The largest absolute Gasteiger partial charge is 0.463 e. The SMILES string of the molecule is O=C(Cn1cnc(-c2ccco2)cc1=O)Nc1ccc(F)cc1. The van der Waals surface area contributed by atoms with Crippen LogP contribution in [0.3, 0.4) is 0 Å². The first-order chi connectivity index (χ1) is 11.1. The summed E-state index contributed by atoms with van der Waals surface area (Å²) >= 11 is 0. The van der Waals surface area contributed by atoms with Crippen LogP contribution in [0.1, 0.15) is 0 Å². The molecule has 0 unspecified atom stereocenters. The number of nitrogens with one attached hydrogen (secondary N) is 1. The molecule has 3 rings (SSSR count). The van der Waals surface area contributed by atoms with Crippen molar-refractivity contribution in [2.24, 2.45) is 0 Å². The van der Waals surface area contributed by atoms with Crippen molar-refractivity contribution < 1.29 is 13.6 Å². The normalized spacial score (nSPS) is 10.5. The van der Waals surface area contributed by atoms with Crippen LogP contribution in [-0.2, 0) is 11.3 Å². The summed E-state index contributed by atoms with van der Waals surface area (Å²) in [6.07, 6.45) is 2.77. The predicted octanol–water partition coefficient (Wildman–Crippen LogP) is 2.28. The van der Waals surface area contributed by atoms with Gasteiger partial charge >= 0.3 is 0 Å². The monoisotopic (exact) mass is 313 g/mol. The number of nitrogens with zero attached hydrogens (tertiary/aromatic N) is 2. The van der Waals surface area contributed by atoms with Crippen LogP contribution in [0.4, 0.5) is 10.1 Å². The summed E-state index contributed by atoms with van der Waals surface area (Å²) in [6.45, 7) is -0.193. The van der Waals surface area contributed by atoms with E-state index in [2.05, 4.69) is 10.3 Å². The fourth-order valence-corrected chi connectivity index (χ4v) is 1.99. The molecule has 2 aromatic heterocycles. The highest BCUT2D eigenvalue weighted by Crippen LogP contribution is 2.14. The van der Waals surface area contributed by atoms with E-state index < -0.39 is 11.7 Å². The molecule has 0 saturated carbocycles. The molecule has 116 valence electrons. The number of hydrogen-bond acceptors (Lipinski definition) is 4. The summed E-state index contributed by atoms with van der Waals surface area (Å²) in [5.41, 5.74) is 0.473. The van der Waals surface area contributed by atoms with Crippen LogP contribution in [0.2, 0.25) is 0 Å². The van der Waals surface area contributed by atoms with Crippen molar-refractivity contribution in [2.75, 3.05) is 5.32 Å². The van der Waals surface area contributed by atoms with Crippen molar-refractivity contribution in [2.45, 2.75) is 6.54 Å². The predicted molar refractivity (Wildman–Crippen MR) is 81.2 cm³/mol. The number of rotatable bonds is 4. The molecule has 2 heterocycles. The quantitative estimate of drug-likeness (QED) is 0.801. The van der Waals surface area contributed by atoms with Gasteiger partial charge in [0.15, 0.2) is 5.76 Å². The fourth-order valence-electron chi connectivity index (χ4n) is 1.99. The van der Waals surface area contributed by atoms with Crippen LogP contribution < -0.4 is 10.9 Å². The number of hydrogen-bond donors (Lipinski definition) is 1. The minimum absolute atomic E-state index is 0.193. The van der Waals surface area contributed by atoms with Crippen LogP contribution in [0.25, 0.3) is 11.5 Å². The molecule has 0 radical (unpaired) electrons. The topological polar surface area (TPSA) is 77.1 Å². The van der Waals surface area contributed by atoms with Gasteiger partial charge in [0.25, 0.3) is 5.56 Å². The average Bonchev–Trinajstić information content (AvgIpc) is 3.06. The summed E-state index contributed by atoms with van der Waals surface area (Å²) in [6, 6.07) is 10.0. The summed E-state index contributed by atoms with van der Waals surface area (Å²) in [7, 11) is 0. The lowest BCUT2D eigenvalue weighted by Crippen LogP contribution is -2.27. The van der Waals surface area contributed by atoms with Gasteiger partial charge in [-0.3, -0.25) is 14.2 Å². The first kappa shape index (κ1) is 14.7. The number of amides is 1. The molecular formula is C16H12FN3O3. The zero-order valence-electron chi connectivity index (χ0n) is 11.9.